The highest BCUT2D eigenvalue weighted by atomic mass is 19.4. The molecule has 3 atom stereocenters. The molecule has 2 N–H and O–H groups in total. The second-order valence-corrected chi connectivity index (χ2v) is 5.53. The number of alkyl halides is 3. The number of carbonyl (C=O) groups is 1. The minimum atomic E-state index is -4.33. The van der Waals surface area contributed by atoms with Gasteiger partial charge in [0.2, 0.25) is 5.91 Å². The van der Waals surface area contributed by atoms with Crippen molar-refractivity contribution in [2.75, 3.05) is 13.1 Å². The third-order valence-corrected chi connectivity index (χ3v) is 3.70. The average Bonchev–Trinajstić information content (AvgIpc) is 2.26. The van der Waals surface area contributed by atoms with Gasteiger partial charge in [0.25, 0.3) is 0 Å². The van der Waals surface area contributed by atoms with Crippen LogP contribution in [0.2, 0.25) is 0 Å². The minimum Gasteiger partial charge on any atom is -0.333 e. The highest BCUT2D eigenvalue weighted by molar-refractivity contribution is 5.79. The molecule has 1 fully saturated rings. The maximum absolute atomic E-state index is 12.5. The molecular weight excluding hydrogens is 257 g/mol. The van der Waals surface area contributed by atoms with E-state index in [1.807, 2.05) is 6.92 Å². The highest BCUT2D eigenvalue weighted by Gasteiger charge is 2.38. The van der Waals surface area contributed by atoms with E-state index >= 15 is 0 Å². The Kier molecular flexibility index (Phi) is 5.64. The number of hydrogen-bond donors (Lipinski definition) is 1. The first-order valence-corrected chi connectivity index (χ1v) is 6.85. The molecule has 1 aliphatic carbocycles. The van der Waals surface area contributed by atoms with Crippen molar-refractivity contribution in [2.24, 2.45) is 17.6 Å². The fourth-order valence-corrected chi connectivity index (χ4v) is 2.79. The Morgan fingerprint density at radius 2 is 2.00 bits per heavy atom. The fourth-order valence-electron chi connectivity index (χ4n) is 2.79. The zero-order chi connectivity index (χ0) is 14.6. The van der Waals surface area contributed by atoms with Gasteiger partial charge < -0.3 is 10.6 Å². The maximum atomic E-state index is 12.5. The molecule has 1 amide bonds. The van der Waals surface area contributed by atoms with Crippen molar-refractivity contribution in [2.45, 2.75) is 51.7 Å². The van der Waals surface area contributed by atoms with E-state index < -0.39 is 12.7 Å². The van der Waals surface area contributed by atoms with Crippen molar-refractivity contribution in [3.8, 4) is 0 Å². The molecule has 1 aliphatic rings. The van der Waals surface area contributed by atoms with Gasteiger partial charge in [-0.05, 0) is 31.6 Å². The van der Waals surface area contributed by atoms with Crippen molar-refractivity contribution >= 4 is 5.91 Å². The Morgan fingerprint density at radius 3 is 2.47 bits per heavy atom. The Balaban J connectivity index is 2.70. The summed E-state index contributed by atoms with van der Waals surface area (Å²) in [6, 6.07) is 0.0706. The molecule has 0 heterocycles. The molecular formula is C13H23F3N2O. The van der Waals surface area contributed by atoms with Crippen molar-refractivity contribution in [3.05, 3.63) is 0 Å². The van der Waals surface area contributed by atoms with Crippen LogP contribution in [0.3, 0.4) is 0 Å². The van der Waals surface area contributed by atoms with Gasteiger partial charge in [0, 0.05) is 18.5 Å². The van der Waals surface area contributed by atoms with Crippen LogP contribution in [-0.4, -0.2) is 36.1 Å². The lowest BCUT2D eigenvalue weighted by molar-refractivity contribution is -0.165. The molecule has 0 radical (unpaired) electrons. The summed E-state index contributed by atoms with van der Waals surface area (Å²) >= 11 is 0. The Bertz CT molecular complexity index is 307. The first kappa shape index (κ1) is 16.3. The summed E-state index contributed by atoms with van der Waals surface area (Å²) in [6.45, 7) is 2.69. The van der Waals surface area contributed by atoms with E-state index in [0.29, 0.717) is 25.7 Å². The van der Waals surface area contributed by atoms with Crippen LogP contribution in [0.4, 0.5) is 13.2 Å². The predicted molar refractivity (Wildman–Crippen MR) is 67.4 cm³/mol. The molecule has 0 aromatic carbocycles. The van der Waals surface area contributed by atoms with E-state index in [9.17, 15) is 18.0 Å². The molecule has 6 heteroatoms. The molecule has 3 unspecified atom stereocenters. The Morgan fingerprint density at radius 1 is 1.37 bits per heavy atom. The smallest absolute Gasteiger partial charge is 0.333 e. The number of nitrogens with zero attached hydrogens (tertiary/aromatic N) is 1. The van der Waals surface area contributed by atoms with E-state index in [0.717, 1.165) is 4.90 Å². The zero-order valence-electron chi connectivity index (χ0n) is 11.5. The lowest BCUT2D eigenvalue weighted by Gasteiger charge is -2.35. The largest absolute Gasteiger partial charge is 0.406 e. The monoisotopic (exact) mass is 280 g/mol. The van der Waals surface area contributed by atoms with Gasteiger partial charge >= 0.3 is 6.18 Å². The second kappa shape index (κ2) is 6.59. The van der Waals surface area contributed by atoms with Crippen LogP contribution in [0.5, 0.6) is 0 Å². The third-order valence-electron chi connectivity index (χ3n) is 3.70. The van der Waals surface area contributed by atoms with Crippen LogP contribution in [-0.2, 0) is 4.79 Å². The highest BCUT2D eigenvalue weighted by Crippen LogP contribution is 2.31. The van der Waals surface area contributed by atoms with Crippen LogP contribution in [0.15, 0.2) is 0 Å². The molecule has 0 aromatic rings. The fraction of sp³-hybridized carbons (Fsp3) is 0.923. The van der Waals surface area contributed by atoms with Crippen molar-refractivity contribution < 1.29 is 18.0 Å². The molecule has 0 saturated heterocycles. The quantitative estimate of drug-likeness (QED) is 0.860. The van der Waals surface area contributed by atoms with Gasteiger partial charge in [-0.25, -0.2) is 0 Å². The molecule has 0 spiro atoms. The predicted octanol–water partition coefficient (Wildman–Crippen LogP) is 2.55. The van der Waals surface area contributed by atoms with Gasteiger partial charge in [-0.2, -0.15) is 13.2 Å². The van der Waals surface area contributed by atoms with E-state index in [4.69, 9.17) is 5.73 Å². The molecule has 1 rings (SSSR count). The standard InChI is InChI=1S/C13H23F3N2O/c1-3-6-18(8-13(14,15)16)12(19)11-5-4-10(17)7-9(11)2/h9-11H,3-8,17H2,1-2H3. The van der Waals surface area contributed by atoms with Crippen LogP contribution >= 0.6 is 0 Å². The number of carbonyl (C=O) groups excluding carboxylic acids is 1. The first-order valence-electron chi connectivity index (χ1n) is 6.85. The number of hydrogen-bond acceptors (Lipinski definition) is 2. The topological polar surface area (TPSA) is 46.3 Å². The van der Waals surface area contributed by atoms with Crippen molar-refractivity contribution in [3.63, 3.8) is 0 Å². The van der Waals surface area contributed by atoms with E-state index in [-0.39, 0.29) is 30.3 Å². The summed E-state index contributed by atoms with van der Waals surface area (Å²) in [4.78, 5) is 13.2. The van der Waals surface area contributed by atoms with Gasteiger partial charge in [-0.1, -0.05) is 13.8 Å². The van der Waals surface area contributed by atoms with Crippen LogP contribution in [0, 0.1) is 11.8 Å². The summed E-state index contributed by atoms with van der Waals surface area (Å²) in [6.07, 6.45) is -1.78. The molecule has 3 nitrogen and oxygen atoms in total. The van der Waals surface area contributed by atoms with E-state index in [2.05, 4.69) is 0 Å². The molecule has 19 heavy (non-hydrogen) atoms. The number of halogens is 3. The normalized spacial score (nSPS) is 28.2. The molecule has 0 bridgehead atoms. The first-order chi connectivity index (χ1) is 8.74. The Labute approximate surface area is 112 Å². The Hall–Kier alpha value is -0.780. The van der Waals surface area contributed by atoms with Crippen LogP contribution in [0.1, 0.15) is 39.5 Å². The number of nitrogens with two attached hydrogens (primary N) is 1. The summed E-state index contributed by atoms with van der Waals surface area (Å²) < 4.78 is 37.5. The van der Waals surface area contributed by atoms with Gasteiger partial charge in [0.1, 0.15) is 6.54 Å². The number of rotatable bonds is 4. The maximum Gasteiger partial charge on any atom is 0.406 e. The van der Waals surface area contributed by atoms with E-state index in [1.54, 1.807) is 6.92 Å². The molecule has 0 aliphatic heterocycles. The van der Waals surface area contributed by atoms with Crippen LogP contribution < -0.4 is 5.73 Å². The average molecular weight is 280 g/mol. The van der Waals surface area contributed by atoms with Gasteiger partial charge in [0.15, 0.2) is 0 Å². The van der Waals surface area contributed by atoms with Crippen LogP contribution in [0.25, 0.3) is 0 Å². The summed E-state index contributed by atoms with van der Waals surface area (Å²) in [5.74, 6) is -0.615. The summed E-state index contributed by atoms with van der Waals surface area (Å²) in [7, 11) is 0. The SMILES string of the molecule is CCCN(CC(F)(F)F)C(=O)C1CCC(N)CC1C. The minimum absolute atomic E-state index is 0.0591. The van der Waals surface area contributed by atoms with Crippen molar-refractivity contribution in [1.82, 2.24) is 4.90 Å². The lowest BCUT2D eigenvalue weighted by atomic mass is 9.77. The van der Waals surface area contributed by atoms with E-state index in [1.165, 1.54) is 0 Å². The van der Waals surface area contributed by atoms with Gasteiger partial charge in [-0.15, -0.1) is 0 Å². The molecule has 1 saturated carbocycles. The van der Waals surface area contributed by atoms with Gasteiger partial charge in [0.05, 0.1) is 0 Å². The summed E-state index contributed by atoms with van der Waals surface area (Å²) in [5, 5.41) is 0. The third kappa shape index (κ3) is 5.01. The molecule has 112 valence electrons. The number of amides is 1. The lowest BCUT2D eigenvalue weighted by Crippen LogP contribution is -2.46. The molecule has 0 aromatic heterocycles. The van der Waals surface area contributed by atoms with Crippen molar-refractivity contribution in [1.29, 1.82) is 0 Å². The van der Waals surface area contributed by atoms with Gasteiger partial charge in [-0.3, -0.25) is 4.79 Å². The second-order valence-electron chi connectivity index (χ2n) is 5.53. The summed E-state index contributed by atoms with van der Waals surface area (Å²) in [5.41, 5.74) is 5.82. The zero-order valence-corrected chi connectivity index (χ0v) is 11.5.